The summed E-state index contributed by atoms with van der Waals surface area (Å²) in [6.07, 6.45) is 0.477. The minimum atomic E-state index is 0.0462. The predicted octanol–water partition coefficient (Wildman–Crippen LogP) is 4.35. The van der Waals surface area contributed by atoms with Gasteiger partial charge in [0.15, 0.2) is 0 Å². The third kappa shape index (κ3) is 2.24. The van der Waals surface area contributed by atoms with Gasteiger partial charge in [-0.15, -0.1) is 0 Å². The average Bonchev–Trinajstić information content (AvgIpc) is 2.64. The van der Waals surface area contributed by atoms with Gasteiger partial charge in [-0.3, -0.25) is 4.79 Å². The number of fused-ring (bicyclic) bond motifs is 3. The number of hydrogen-bond donors (Lipinski definition) is 0. The van der Waals surface area contributed by atoms with Gasteiger partial charge in [0.05, 0.1) is 7.11 Å². The Hall–Kier alpha value is -2.81. The van der Waals surface area contributed by atoms with E-state index in [4.69, 9.17) is 4.74 Å². The second-order valence-corrected chi connectivity index (χ2v) is 6.21. The van der Waals surface area contributed by atoms with E-state index in [1.165, 1.54) is 16.3 Å². The van der Waals surface area contributed by atoms with Crippen LogP contribution in [0.3, 0.4) is 0 Å². The number of hydrogen-bond acceptors (Lipinski definition) is 2. The predicted molar refractivity (Wildman–Crippen MR) is 96.8 cm³/mol. The molecule has 3 heteroatoms. The molecule has 1 unspecified atom stereocenters. The zero-order valence-corrected chi connectivity index (χ0v) is 13.8. The standard InChI is InChI=1S/C21H19NO2/c1-22-19-11-10-14-6-3-4-9-17(14)21(19)18(13-20(22)23)15-7-5-8-16(12-15)24-2/h3-12,18H,13H2,1-2H3. The van der Waals surface area contributed by atoms with Crippen molar-refractivity contribution in [1.82, 2.24) is 0 Å². The van der Waals surface area contributed by atoms with Crippen LogP contribution in [0.5, 0.6) is 5.75 Å². The van der Waals surface area contributed by atoms with Crippen molar-refractivity contribution in [2.75, 3.05) is 19.1 Å². The molecule has 4 rings (SSSR count). The maximum atomic E-state index is 12.5. The quantitative estimate of drug-likeness (QED) is 0.703. The summed E-state index contributed by atoms with van der Waals surface area (Å²) in [5.74, 6) is 1.01. The van der Waals surface area contributed by atoms with E-state index in [2.05, 4.69) is 36.4 Å². The van der Waals surface area contributed by atoms with Crippen molar-refractivity contribution in [3.63, 3.8) is 0 Å². The van der Waals surface area contributed by atoms with E-state index in [1.807, 2.05) is 31.3 Å². The van der Waals surface area contributed by atoms with Crippen LogP contribution in [0.2, 0.25) is 0 Å². The smallest absolute Gasteiger partial charge is 0.227 e. The first-order valence-corrected chi connectivity index (χ1v) is 8.11. The van der Waals surface area contributed by atoms with Crippen molar-refractivity contribution in [1.29, 1.82) is 0 Å². The van der Waals surface area contributed by atoms with Crippen LogP contribution in [-0.4, -0.2) is 20.1 Å². The first kappa shape index (κ1) is 14.8. The lowest BCUT2D eigenvalue weighted by Gasteiger charge is -2.33. The Morgan fingerprint density at radius 3 is 2.71 bits per heavy atom. The maximum absolute atomic E-state index is 12.5. The molecule has 1 heterocycles. The Kier molecular flexibility index (Phi) is 3.49. The van der Waals surface area contributed by atoms with Gasteiger partial charge in [-0.2, -0.15) is 0 Å². The lowest BCUT2D eigenvalue weighted by molar-refractivity contribution is -0.118. The van der Waals surface area contributed by atoms with Crippen molar-refractivity contribution in [3.05, 3.63) is 71.8 Å². The van der Waals surface area contributed by atoms with E-state index in [1.54, 1.807) is 12.0 Å². The fourth-order valence-corrected chi connectivity index (χ4v) is 3.63. The highest BCUT2D eigenvalue weighted by atomic mass is 16.5. The maximum Gasteiger partial charge on any atom is 0.227 e. The minimum absolute atomic E-state index is 0.0462. The number of carbonyl (C=O) groups is 1. The largest absolute Gasteiger partial charge is 0.497 e. The first-order valence-electron chi connectivity index (χ1n) is 8.11. The van der Waals surface area contributed by atoms with E-state index in [9.17, 15) is 4.79 Å². The van der Waals surface area contributed by atoms with Crippen LogP contribution in [0.25, 0.3) is 10.8 Å². The van der Waals surface area contributed by atoms with Gasteiger partial charge in [0.25, 0.3) is 0 Å². The summed E-state index contributed by atoms with van der Waals surface area (Å²) in [6, 6.07) is 20.6. The second kappa shape index (κ2) is 5.68. The molecule has 0 radical (unpaired) electrons. The van der Waals surface area contributed by atoms with Crippen molar-refractivity contribution in [2.24, 2.45) is 0 Å². The van der Waals surface area contributed by atoms with E-state index in [0.29, 0.717) is 6.42 Å². The molecular formula is C21H19NO2. The van der Waals surface area contributed by atoms with E-state index < -0.39 is 0 Å². The van der Waals surface area contributed by atoms with Crippen LogP contribution in [0.4, 0.5) is 5.69 Å². The molecule has 0 bridgehead atoms. The highest BCUT2D eigenvalue weighted by molar-refractivity contribution is 6.02. The Labute approximate surface area is 141 Å². The number of rotatable bonds is 2. The molecule has 120 valence electrons. The summed E-state index contributed by atoms with van der Waals surface area (Å²) in [7, 11) is 3.53. The van der Waals surface area contributed by atoms with Crippen molar-refractivity contribution in [2.45, 2.75) is 12.3 Å². The summed E-state index contributed by atoms with van der Waals surface area (Å²) >= 11 is 0. The molecule has 0 N–H and O–H groups in total. The average molecular weight is 317 g/mol. The number of carbonyl (C=O) groups excluding carboxylic acids is 1. The molecule has 1 aliphatic rings. The molecule has 0 saturated carbocycles. The second-order valence-electron chi connectivity index (χ2n) is 6.21. The number of amides is 1. The van der Waals surface area contributed by atoms with Gasteiger partial charge >= 0.3 is 0 Å². The molecule has 0 aromatic heterocycles. The molecule has 1 amide bonds. The number of nitrogens with zero attached hydrogens (tertiary/aromatic N) is 1. The molecule has 24 heavy (non-hydrogen) atoms. The van der Waals surface area contributed by atoms with E-state index in [-0.39, 0.29) is 11.8 Å². The topological polar surface area (TPSA) is 29.5 Å². The molecule has 1 aliphatic heterocycles. The van der Waals surface area contributed by atoms with Crippen LogP contribution in [0.1, 0.15) is 23.5 Å². The third-order valence-electron chi connectivity index (χ3n) is 4.91. The fraction of sp³-hybridized carbons (Fsp3) is 0.190. The summed E-state index contributed by atoms with van der Waals surface area (Å²) in [5, 5.41) is 2.41. The molecular weight excluding hydrogens is 298 g/mol. The Morgan fingerprint density at radius 1 is 1.04 bits per heavy atom. The third-order valence-corrected chi connectivity index (χ3v) is 4.91. The zero-order valence-electron chi connectivity index (χ0n) is 13.8. The van der Waals surface area contributed by atoms with Gasteiger partial charge in [-0.25, -0.2) is 0 Å². The minimum Gasteiger partial charge on any atom is -0.497 e. The normalized spacial score (nSPS) is 17.0. The Balaban J connectivity index is 1.98. The van der Waals surface area contributed by atoms with Gasteiger partial charge < -0.3 is 9.64 Å². The van der Waals surface area contributed by atoms with Crippen molar-refractivity contribution in [3.8, 4) is 5.75 Å². The SMILES string of the molecule is COc1cccc(C2CC(=O)N(C)c3ccc4ccccc4c32)c1. The van der Waals surface area contributed by atoms with E-state index in [0.717, 1.165) is 17.0 Å². The van der Waals surface area contributed by atoms with Gasteiger partial charge in [-0.1, -0.05) is 42.5 Å². The molecule has 3 aromatic rings. The highest BCUT2D eigenvalue weighted by Gasteiger charge is 2.31. The van der Waals surface area contributed by atoms with Crippen LogP contribution in [0.15, 0.2) is 60.7 Å². The van der Waals surface area contributed by atoms with E-state index >= 15 is 0 Å². The molecule has 0 aliphatic carbocycles. The summed E-state index contributed by atoms with van der Waals surface area (Å²) in [4.78, 5) is 14.3. The number of ether oxygens (including phenoxy) is 1. The summed E-state index contributed by atoms with van der Waals surface area (Å²) in [5.41, 5.74) is 3.34. The van der Waals surface area contributed by atoms with Crippen molar-refractivity contribution >= 4 is 22.4 Å². The Bertz CT molecular complexity index is 932. The lowest BCUT2D eigenvalue weighted by atomic mass is 9.81. The molecule has 1 atom stereocenters. The van der Waals surface area contributed by atoms with Crippen LogP contribution >= 0.6 is 0 Å². The number of benzene rings is 3. The van der Waals surface area contributed by atoms with Crippen molar-refractivity contribution < 1.29 is 9.53 Å². The van der Waals surface area contributed by atoms with Gasteiger partial charge in [0, 0.05) is 25.1 Å². The number of methoxy groups -OCH3 is 1. The Morgan fingerprint density at radius 2 is 1.88 bits per heavy atom. The molecule has 3 aromatic carbocycles. The molecule has 0 saturated heterocycles. The zero-order chi connectivity index (χ0) is 16.7. The van der Waals surface area contributed by atoms with Gasteiger partial charge in [0.1, 0.15) is 5.75 Å². The summed E-state index contributed by atoms with van der Waals surface area (Å²) < 4.78 is 5.37. The van der Waals surface area contributed by atoms with Gasteiger partial charge in [-0.05, 0) is 40.1 Å². The fourth-order valence-electron chi connectivity index (χ4n) is 3.63. The van der Waals surface area contributed by atoms with Crippen LogP contribution < -0.4 is 9.64 Å². The van der Waals surface area contributed by atoms with Gasteiger partial charge in [0.2, 0.25) is 5.91 Å². The summed E-state index contributed by atoms with van der Waals surface area (Å²) in [6.45, 7) is 0. The van der Waals surface area contributed by atoms with Crippen LogP contribution in [-0.2, 0) is 4.79 Å². The monoisotopic (exact) mass is 317 g/mol. The molecule has 0 spiro atoms. The molecule has 0 fully saturated rings. The number of anilines is 1. The van der Waals surface area contributed by atoms with Crippen LogP contribution in [0, 0.1) is 0 Å². The highest BCUT2D eigenvalue weighted by Crippen LogP contribution is 2.43. The lowest BCUT2D eigenvalue weighted by Crippen LogP contribution is -2.33. The molecule has 3 nitrogen and oxygen atoms in total. The first-order chi connectivity index (χ1) is 11.7.